The molecule has 0 aliphatic heterocycles. The summed E-state index contributed by atoms with van der Waals surface area (Å²) < 4.78 is 32.9. The van der Waals surface area contributed by atoms with Crippen molar-refractivity contribution in [2.24, 2.45) is 5.10 Å². The number of ether oxygens (including phenoxy) is 1. The van der Waals surface area contributed by atoms with Gasteiger partial charge in [-0.2, -0.15) is 13.5 Å². The molecule has 0 saturated heterocycles. The first-order chi connectivity index (χ1) is 15.4. The number of halogens is 2. The lowest BCUT2D eigenvalue weighted by Crippen LogP contribution is -2.18. The molecule has 1 N–H and O–H groups in total. The van der Waals surface area contributed by atoms with Crippen LogP contribution in [0.15, 0.2) is 104 Å². The third-order valence-electron chi connectivity index (χ3n) is 4.71. The van der Waals surface area contributed by atoms with Gasteiger partial charge in [-0.25, -0.2) is 4.83 Å². The monoisotopic (exact) mass is 572 g/mol. The van der Waals surface area contributed by atoms with Crippen molar-refractivity contribution in [3.8, 4) is 5.75 Å². The summed E-state index contributed by atoms with van der Waals surface area (Å²) >= 11 is 6.95. The predicted molar refractivity (Wildman–Crippen MR) is 134 cm³/mol. The third kappa shape index (κ3) is 5.56. The number of hydrogen-bond donors (Lipinski definition) is 1. The highest BCUT2D eigenvalue weighted by Gasteiger charge is 2.13. The first-order valence-electron chi connectivity index (χ1n) is 9.61. The predicted octanol–water partition coefficient (Wildman–Crippen LogP) is 6.26. The maximum atomic E-state index is 12.5. The summed E-state index contributed by atoms with van der Waals surface area (Å²) in [6, 6.07) is 25.7. The zero-order chi connectivity index (χ0) is 22.6. The van der Waals surface area contributed by atoms with E-state index in [1.54, 1.807) is 30.3 Å². The number of hydrogen-bond acceptors (Lipinski definition) is 4. The standard InChI is InChI=1S/C24H18Br2N2O3S/c25-21-9-7-20(24(26)14-21)16-31-22-10-5-17(6-11-22)15-27-28-32(29,30)23-12-8-18-3-1-2-4-19(18)13-23/h1-15,28H,16H2/b27-15+. The van der Waals surface area contributed by atoms with Crippen molar-refractivity contribution in [3.63, 3.8) is 0 Å². The fourth-order valence-electron chi connectivity index (χ4n) is 3.01. The van der Waals surface area contributed by atoms with Crippen LogP contribution in [0.3, 0.4) is 0 Å². The summed E-state index contributed by atoms with van der Waals surface area (Å²) in [6.07, 6.45) is 1.45. The molecule has 0 radical (unpaired) electrons. The molecule has 0 aliphatic rings. The van der Waals surface area contributed by atoms with Gasteiger partial charge in [-0.3, -0.25) is 0 Å². The van der Waals surface area contributed by atoms with Crippen molar-refractivity contribution in [2.45, 2.75) is 11.5 Å². The van der Waals surface area contributed by atoms with Crippen LogP contribution in [0.2, 0.25) is 0 Å². The van der Waals surface area contributed by atoms with Crippen molar-refractivity contribution >= 4 is 58.9 Å². The Bertz CT molecular complexity index is 1390. The van der Waals surface area contributed by atoms with Gasteiger partial charge in [0.1, 0.15) is 12.4 Å². The molecule has 4 aromatic rings. The summed E-state index contributed by atoms with van der Waals surface area (Å²) in [4.78, 5) is 2.43. The van der Waals surface area contributed by atoms with E-state index in [2.05, 4.69) is 41.8 Å². The molecule has 0 saturated carbocycles. The van der Waals surface area contributed by atoms with Crippen LogP contribution < -0.4 is 9.57 Å². The highest BCUT2D eigenvalue weighted by molar-refractivity contribution is 9.11. The van der Waals surface area contributed by atoms with Crippen LogP contribution in [0, 0.1) is 0 Å². The number of benzene rings is 4. The second-order valence-electron chi connectivity index (χ2n) is 6.96. The molecule has 0 atom stereocenters. The maximum Gasteiger partial charge on any atom is 0.276 e. The zero-order valence-electron chi connectivity index (χ0n) is 16.7. The molecular formula is C24H18Br2N2O3S. The van der Waals surface area contributed by atoms with E-state index in [0.29, 0.717) is 12.4 Å². The molecular weight excluding hydrogens is 556 g/mol. The van der Waals surface area contributed by atoms with E-state index in [0.717, 1.165) is 30.8 Å². The minimum atomic E-state index is -3.76. The van der Waals surface area contributed by atoms with Gasteiger partial charge >= 0.3 is 0 Å². The molecule has 0 fully saturated rings. The van der Waals surface area contributed by atoms with Crippen LogP contribution in [-0.4, -0.2) is 14.6 Å². The minimum Gasteiger partial charge on any atom is -0.489 e. The smallest absolute Gasteiger partial charge is 0.276 e. The van der Waals surface area contributed by atoms with Gasteiger partial charge < -0.3 is 4.74 Å². The van der Waals surface area contributed by atoms with Gasteiger partial charge in [0.25, 0.3) is 10.0 Å². The van der Waals surface area contributed by atoms with E-state index in [4.69, 9.17) is 4.74 Å². The summed E-state index contributed by atoms with van der Waals surface area (Å²) in [5.41, 5.74) is 1.77. The molecule has 4 aromatic carbocycles. The van der Waals surface area contributed by atoms with E-state index in [9.17, 15) is 8.42 Å². The largest absolute Gasteiger partial charge is 0.489 e. The van der Waals surface area contributed by atoms with Gasteiger partial charge in [0.15, 0.2) is 0 Å². The molecule has 4 rings (SSSR count). The lowest BCUT2D eigenvalue weighted by Gasteiger charge is -2.08. The van der Waals surface area contributed by atoms with Gasteiger partial charge in [-0.15, -0.1) is 0 Å². The lowest BCUT2D eigenvalue weighted by atomic mass is 10.1. The van der Waals surface area contributed by atoms with Crippen molar-refractivity contribution in [1.29, 1.82) is 0 Å². The van der Waals surface area contributed by atoms with Gasteiger partial charge in [0, 0.05) is 14.5 Å². The molecule has 8 heteroatoms. The molecule has 0 bridgehead atoms. The first kappa shape index (κ1) is 22.5. The molecule has 162 valence electrons. The molecule has 0 spiro atoms. The molecule has 0 amide bonds. The Morgan fingerprint density at radius 1 is 0.875 bits per heavy atom. The number of hydrazone groups is 1. The van der Waals surface area contributed by atoms with Gasteiger partial charge in [-0.05, 0) is 64.9 Å². The summed E-state index contributed by atoms with van der Waals surface area (Å²) in [6.45, 7) is 0.423. The summed E-state index contributed by atoms with van der Waals surface area (Å²) in [7, 11) is -3.76. The molecule has 5 nitrogen and oxygen atoms in total. The first-order valence-corrected chi connectivity index (χ1v) is 12.7. The summed E-state index contributed by atoms with van der Waals surface area (Å²) in [5.74, 6) is 0.703. The quantitative estimate of drug-likeness (QED) is 0.210. The molecule has 0 aromatic heterocycles. The second-order valence-corrected chi connectivity index (χ2v) is 10.4. The Balaban J connectivity index is 1.37. The van der Waals surface area contributed by atoms with Crippen molar-refractivity contribution in [1.82, 2.24) is 4.83 Å². The van der Waals surface area contributed by atoms with Crippen LogP contribution in [-0.2, 0) is 16.6 Å². The number of nitrogens with zero attached hydrogens (tertiary/aromatic N) is 1. The number of sulfonamides is 1. The fraction of sp³-hybridized carbons (Fsp3) is 0.0417. The number of rotatable bonds is 7. The number of nitrogens with one attached hydrogen (secondary N) is 1. The number of fused-ring (bicyclic) bond motifs is 1. The van der Waals surface area contributed by atoms with Gasteiger partial charge in [-0.1, -0.05) is 68.3 Å². The topological polar surface area (TPSA) is 67.8 Å². The molecule has 0 heterocycles. The summed E-state index contributed by atoms with van der Waals surface area (Å²) in [5, 5.41) is 5.73. The SMILES string of the molecule is O=S(=O)(N/N=C/c1ccc(OCc2ccc(Br)cc2Br)cc1)c1ccc2ccccc2c1. The van der Waals surface area contributed by atoms with E-state index in [1.807, 2.05) is 54.6 Å². The fourth-order valence-corrected chi connectivity index (χ4v) is 5.00. The molecule has 0 unspecified atom stereocenters. The van der Waals surface area contributed by atoms with Crippen LogP contribution in [0.1, 0.15) is 11.1 Å². The van der Waals surface area contributed by atoms with Crippen molar-refractivity contribution < 1.29 is 13.2 Å². The van der Waals surface area contributed by atoms with Crippen LogP contribution in [0.5, 0.6) is 5.75 Å². The van der Waals surface area contributed by atoms with Crippen molar-refractivity contribution in [2.75, 3.05) is 0 Å². The molecule has 32 heavy (non-hydrogen) atoms. The Labute approximate surface area is 203 Å². The molecule has 0 aliphatic carbocycles. The van der Waals surface area contributed by atoms with Crippen molar-refractivity contribution in [3.05, 3.63) is 105 Å². The second kappa shape index (κ2) is 9.85. The van der Waals surface area contributed by atoms with E-state index in [1.165, 1.54) is 6.21 Å². The van der Waals surface area contributed by atoms with E-state index >= 15 is 0 Å². The third-order valence-corrected chi connectivity index (χ3v) is 7.16. The zero-order valence-corrected chi connectivity index (χ0v) is 20.7. The Morgan fingerprint density at radius 3 is 2.38 bits per heavy atom. The normalized spacial score (nSPS) is 11.7. The average Bonchev–Trinajstić information content (AvgIpc) is 2.79. The maximum absolute atomic E-state index is 12.5. The van der Waals surface area contributed by atoms with Crippen LogP contribution in [0.25, 0.3) is 10.8 Å². The Kier molecular flexibility index (Phi) is 6.93. The van der Waals surface area contributed by atoms with Crippen LogP contribution >= 0.6 is 31.9 Å². The Morgan fingerprint density at radius 2 is 1.62 bits per heavy atom. The lowest BCUT2D eigenvalue weighted by molar-refractivity contribution is 0.305. The minimum absolute atomic E-state index is 0.163. The highest BCUT2D eigenvalue weighted by atomic mass is 79.9. The average molecular weight is 574 g/mol. The van der Waals surface area contributed by atoms with Crippen LogP contribution in [0.4, 0.5) is 0 Å². The van der Waals surface area contributed by atoms with E-state index in [-0.39, 0.29) is 4.90 Å². The van der Waals surface area contributed by atoms with Gasteiger partial charge in [0.05, 0.1) is 11.1 Å². The van der Waals surface area contributed by atoms with E-state index < -0.39 is 10.0 Å². The van der Waals surface area contributed by atoms with Gasteiger partial charge in [0.2, 0.25) is 0 Å². The Hall–Kier alpha value is -2.68. The highest BCUT2D eigenvalue weighted by Crippen LogP contribution is 2.24.